The van der Waals surface area contributed by atoms with Gasteiger partial charge in [0.25, 0.3) is 0 Å². The Bertz CT molecular complexity index is 373. The molecule has 2 heteroatoms. The van der Waals surface area contributed by atoms with Crippen molar-refractivity contribution < 1.29 is 5.11 Å². The van der Waals surface area contributed by atoms with Crippen LogP contribution in [-0.2, 0) is 0 Å². The predicted molar refractivity (Wildman–Crippen MR) is 77.8 cm³/mol. The Hall–Kier alpha value is -0.860. The SMILES string of the molecule is CCN(CC)C(C)(CC)C(O)c1ccccc1C. The van der Waals surface area contributed by atoms with Gasteiger partial charge in [0.2, 0.25) is 0 Å². The van der Waals surface area contributed by atoms with Gasteiger partial charge >= 0.3 is 0 Å². The third-order valence-corrected chi connectivity index (χ3v) is 4.27. The molecule has 0 amide bonds. The smallest absolute Gasteiger partial charge is 0.0973 e. The fourth-order valence-corrected chi connectivity index (χ4v) is 2.76. The number of likely N-dealkylation sites (N-methyl/N-ethyl adjacent to an activating group) is 1. The fourth-order valence-electron chi connectivity index (χ4n) is 2.76. The molecule has 102 valence electrons. The van der Waals surface area contributed by atoms with Gasteiger partial charge in [-0.1, -0.05) is 45.0 Å². The van der Waals surface area contributed by atoms with Gasteiger partial charge in [0.1, 0.15) is 0 Å². The third-order valence-electron chi connectivity index (χ3n) is 4.27. The lowest BCUT2D eigenvalue weighted by Crippen LogP contribution is -2.50. The highest BCUT2D eigenvalue weighted by Gasteiger charge is 2.37. The first kappa shape index (κ1) is 15.2. The molecule has 2 nitrogen and oxygen atoms in total. The van der Waals surface area contributed by atoms with Crippen molar-refractivity contribution >= 4 is 0 Å². The molecule has 0 radical (unpaired) electrons. The molecular formula is C16H27NO. The zero-order chi connectivity index (χ0) is 13.8. The molecule has 0 bridgehead atoms. The van der Waals surface area contributed by atoms with Crippen LogP contribution in [0.2, 0.25) is 0 Å². The highest BCUT2D eigenvalue weighted by Crippen LogP contribution is 2.35. The number of benzene rings is 1. The normalized spacial score (nSPS) is 16.6. The van der Waals surface area contributed by atoms with E-state index in [9.17, 15) is 5.11 Å². The first-order valence-electron chi connectivity index (χ1n) is 6.99. The number of aliphatic hydroxyl groups is 1. The Morgan fingerprint density at radius 2 is 1.72 bits per heavy atom. The lowest BCUT2D eigenvalue weighted by atomic mass is 9.83. The standard InChI is InChI=1S/C16H27NO/c1-6-16(5,17(7-2)8-3)15(18)14-12-10-9-11-13(14)4/h9-12,15,18H,6-8H2,1-5H3. The first-order valence-corrected chi connectivity index (χ1v) is 6.99. The van der Waals surface area contributed by atoms with E-state index in [0.29, 0.717) is 0 Å². The predicted octanol–water partition coefficient (Wildman–Crippen LogP) is 3.54. The third kappa shape index (κ3) is 2.76. The number of aryl methyl sites for hydroxylation is 1. The van der Waals surface area contributed by atoms with E-state index in [1.54, 1.807) is 0 Å². The number of rotatable bonds is 6. The van der Waals surface area contributed by atoms with Crippen LogP contribution in [0.4, 0.5) is 0 Å². The molecule has 0 aliphatic rings. The van der Waals surface area contributed by atoms with E-state index in [4.69, 9.17) is 0 Å². The van der Waals surface area contributed by atoms with Gasteiger partial charge in [-0.3, -0.25) is 4.90 Å². The van der Waals surface area contributed by atoms with Crippen LogP contribution in [-0.4, -0.2) is 28.6 Å². The first-order chi connectivity index (χ1) is 8.51. The highest BCUT2D eigenvalue weighted by atomic mass is 16.3. The van der Waals surface area contributed by atoms with E-state index >= 15 is 0 Å². The van der Waals surface area contributed by atoms with Crippen molar-refractivity contribution in [2.45, 2.75) is 52.7 Å². The maximum Gasteiger partial charge on any atom is 0.0973 e. The molecule has 0 aromatic heterocycles. The van der Waals surface area contributed by atoms with E-state index in [2.05, 4.69) is 45.6 Å². The molecule has 0 aliphatic heterocycles. The largest absolute Gasteiger partial charge is 0.386 e. The minimum absolute atomic E-state index is 0.199. The van der Waals surface area contributed by atoms with E-state index in [1.807, 2.05) is 18.2 Å². The van der Waals surface area contributed by atoms with E-state index < -0.39 is 6.10 Å². The molecule has 0 heterocycles. The van der Waals surface area contributed by atoms with Crippen LogP contribution in [0.25, 0.3) is 0 Å². The Labute approximate surface area is 112 Å². The Kier molecular flexibility index (Phi) is 5.36. The van der Waals surface area contributed by atoms with Crippen LogP contribution in [0.1, 0.15) is 51.3 Å². The maximum atomic E-state index is 10.8. The summed E-state index contributed by atoms with van der Waals surface area (Å²) >= 11 is 0. The van der Waals surface area contributed by atoms with Gasteiger partial charge in [0, 0.05) is 5.54 Å². The van der Waals surface area contributed by atoms with Crippen molar-refractivity contribution in [2.24, 2.45) is 0 Å². The summed E-state index contributed by atoms with van der Waals surface area (Å²) in [4.78, 5) is 2.35. The van der Waals surface area contributed by atoms with Crippen molar-refractivity contribution in [1.82, 2.24) is 4.90 Å². The quantitative estimate of drug-likeness (QED) is 0.833. The second kappa shape index (κ2) is 6.35. The fraction of sp³-hybridized carbons (Fsp3) is 0.625. The van der Waals surface area contributed by atoms with Gasteiger partial charge in [0.05, 0.1) is 6.10 Å². The molecule has 2 atom stereocenters. The molecule has 0 saturated heterocycles. The summed E-state index contributed by atoms with van der Waals surface area (Å²) in [6, 6.07) is 8.13. The summed E-state index contributed by atoms with van der Waals surface area (Å²) in [5.74, 6) is 0. The van der Waals surface area contributed by atoms with Crippen molar-refractivity contribution in [1.29, 1.82) is 0 Å². The second-order valence-corrected chi connectivity index (χ2v) is 5.14. The molecule has 0 spiro atoms. The minimum atomic E-state index is -0.441. The van der Waals surface area contributed by atoms with Crippen LogP contribution in [0.3, 0.4) is 0 Å². The van der Waals surface area contributed by atoms with Crippen LogP contribution in [0, 0.1) is 6.92 Å². The molecule has 0 aliphatic carbocycles. The average Bonchev–Trinajstić information content (AvgIpc) is 2.39. The maximum absolute atomic E-state index is 10.8. The van der Waals surface area contributed by atoms with Crippen molar-refractivity contribution in [2.75, 3.05) is 13.1 Å². The van der Waals surface area contributed by atoms with Crippen molar-refractivity contribution in [3.05, 3.63) is 35.4 Å². The van der Waals surface area contributed by atoms with Crippen LogP contribution < -0.4 is 0 Å². The summed E-state index contributed by atoms with van der Waals surface area (Å²) in [7, 11) is 0. The molecule has 0 fully saturated rings. The lowest BCUT2D eigenvalue weighted by Gasteiger charge is -2.44. The molecule has 1 aromatic carbocycles. The van der Waals surface area contributed by atoms with Crippen molar-refractivity contribution in [3.8, 4) is 0 Å². The lowest BCUT2D eigenvalue weighted by molar-refractivity contribution is -0.0216. The zero-order valence-corrected chi connectivity index (χ0v) is 12.4. The summed E-state index contributed by atoms with van der Waals surface area (Å²) in [5, 5.41) is 10.8. The van der Waals surface area contributed by atoms with Crippen LogP contribution >= 0.6 is 0 Å². The summed E-state index contributed by atoms with van der Waals surface area (Å²) in [5.41, 5.74) is 2.01. The number of nitrogens with zero attached hydrogens (tertiary/aromatic N) is 1. The minimum Gasteiger partial charge on any atom is -0.386 e. The average molecular weight is 249 g/mol. The summed E-state index contributed by atoms with van der Waals surface area (Å²) in [6.45, 7) is 12.6. The van der Waals surface area contributed by atoms with Gasteiger partial charge < -0.3 is 5.11 Å². The Morgan fingerprint density at radius 3 is 2.17 bits per heavy atom. The van der Waals surface area contributed by atoms with Gasteiger partial charge in [-0.15, -0.1) is 0 Å². The molecule has 0 saturated carbocycles. The van der Waals surface area contributed by atoms with E-state index in [-0.39, 0.29) is 5.54 Å². The molecule has 1 aromatic rings. The van der Waals surface area contributed by atoms with Crippen molar-refractivity contribution in [3.63, 3.8) is 0 Å². The van der Waals surface area contributed by atoms with Crippen LogP contribution in [0.15, 0.2) is 24.3 Å². The summed E-state index contributed by atoms with van der Waals surface area (Å²) in [6.07, 6.45) is 0.494. The highest BCUT2D eigenvalue weighted by molar-refractivity contribution is 5.30. The van der Waals surface area contributed by atoms with E-state index in [1.165, 1.54) is 0 Å². The van der Waals surface area contributed by atoms with Gasteiger partial charge in [-0.05, 0) is 44.5 Å². The molecular weight excluding hydrogens is 222 g/mol. The van der Waals surface area contributed by atoms with Gasteiger partial charge in [-0.2, -0.15) is 0 Å². The monoisotopic (exact) mass is 249 g/mol. The summed E-state index contributed by atoms with van der Waals surface area (Å²) < 4.78 is 0. The number of hydrogen-bond donors (Lipinski definition) is 1. The topological polar surface area (TPSA) is 23.5 Å². The zero-order valence-electron chi connectivity index (χ0n) is 12.4. The van der Waals surface area contributed by atoms with Gasteiger partial charge in [-0.25, -0.2) is 0 Å². The van der Waals surface area contributed by atoms with Crippen LogP contribution in [0.5, 0.6) is 0 Å². The molecule has 18 heavy (non-hydrogen) atoms. The number of aliphatic hydroxyl groups excluding tert-OH is 1. The van der Waals surface area contributed by atoms with E-state index in [0.717, 1.165) is 30.6 Å². The Balaban J connectivity index is 3.12. The Morgan fingerprint density at radius 1 is 1.17 bits per heavy atom. The second-order valence-electron chi connectivity index (χ2n) is 5.14. The van der Waals surface area contributed by atoms with Gasteiger partial charge in [0.15, 0.2) is 0 Å². The number of hydrogen-bond acceptors (Lipinski definition) is 2. The molecule has 1 rings (SSSR count). The molecule has 1 N–H and O–H groups in total. The molecule has 2 unspecified atom stereocenters.